The normalized spacial score (nSPS) is 18.7. The predicted molar refractivity (Wildman–Crippen MR) is 119 cm³/mol. The highest BCUT2D eigenvalue weighted by Gasteiger charge is 2.41. The lowest BCUT2D eigenvalue weighted by molar-refractivity contribution is -0.162. The third-order valence-corrected chi connectivity index (χ3v) is 6.54. The Labute approximate surface area is 177 Å². The molecule has 0 bridgehead atoms. The van der Waals surface area contributed by atoms with Crippen molar-refractivity contribution in [2.24, 2.45) is 0 Å². The van der Waals surface area contributed by atoms with Gasteiger partial charge in [0.2, 0.25) is 0 Å². The maximum absolute atomic E-state index is 6.31. The maximum atomic E-state index is 6.31. The first-order valence-corrected chi connectivity index (χ1v) is 11.0. The highest BCUT2D eigenvalue weighted by molar-refractivity contribution is 7.13. The Balaban J connectivity index is 1.84. The first kappa shape index (κ1) is 20.2. The van der Waals surface area contributed by atoms with E-state index in [1.807, 2.05) is 18.2 Å². The van der Waals surface area contributed by atoms with Gasteiger partial charge in [-0.25, -0.2) is 4.68 Å². The van der Waals surface area contributed by atoms with Crippen LogP contribution in [-0.4, -0.2) is 28.1 Å². The van der Waals surface area contributed by atoms with E-state index in [-0.39, 0.29) is 11.2 Å². The number of methoxy groups -OCH3 is 1. The minimum Gasteiger partial charge on any atom is -0.494 e. The SMILES string of the molecule is COc1ccccc1-n1nc(C2CC(C)(C)OC(C)(C)C2)cc1-c1cc(C)cs1. The number of benzene rings is 1. The standard InChI is InChI=1S/C24H30N2O2S/c1-16-11-22(29-15-16)20-12-18(17-13-23(2,3)28-24(4,5)14-17)25-26(20)19-9-7-8-10-21(19)27-6/h7-12,15,17H,13-14H2,1-6H3. The van der Waals surface area contributed by atoms with E-state index in [4.69, 9.17) is 14.6 Å². The lowest BCUT2D eigenvalue weighted by atomic mass is 9.79. The predicted octanol–water partition coefficient (Wildman–Crippen LogP) is 6.37. The summed E-state index contributed by atoms with van der Waals surface area (Å²) in [6.07, 6.45) is 1.92. The Morgan fingerprint density at radius 3 is 2.41 bits per heavy atom. The molecule has 1 aliphatic heterocycles. The summed E-state index contributed by atoms with van der Waals surface area (Å²) in [6, 6.07) is 12.6. The second-order valence-electron chi connectivity index (χ2n) is 9.25. The van der Waals surface area contributed by atoms with Crippen molar-refractivity contribution in [3.63, 3.8) is 0 Å². The van der Waals surface area contributed by atoms with Gasteiger partial charge in [-0.2, -0.15) is 5.10 Å². The molecule has 0 saturated carbocycles. The van der Waals surface area contributed by atoms with E-state index in [2.05, 4.69) is 62.9 Å². The number of para-hydroxylation sites is 2. The number of hydrogen-bond donors (Lipinski definition) is 0. The summed E-state index contributed by atoms with van der Waals surface area (Å²) in [5.41, 5.74) is 4.15. The van der Waals surface area contributed by atoms with Crippen LogP contribution < -0.4 is 4.74 Å². The van der Waals surface area contributed by atoms with Crippen LogP contribution in [-0.2, 0) is 4.74 Å². The second-order valence-corrected chi connectivity index (χ2v) is 10.2. The molecule has 0 N–H and O–H groups in total. The summed E-state index contributed by atoms with van der Waals surface area (Å²) in [4.78, 5) is 1.22. The van der Waals surface area contributed by atoms with E-state index >= 15 is 0 Å². The number of hydrogen-bond acceptors (Lipinski definition) is 4. The lowest BCUT2D eigenvalue weighted by Gasteiger charge is -2.45. The molecule has 1 saturated heterocycles. The third-order valence-electron chi connectivity index (χ3n) is 5.47. The first-order chi connectivity index (χ1) is 13.7. The van der Waals surface area contributed by atoms with E-state index in [0.717, 1.165) is 35.7 Å². The van der Waals surface area contributed by atoms with Gasteiger partial charge in [-0.05, 0) is 82.7 Å². The Kier molecular flexibility index (Phi) is 5.07. The average Bonchev–Trinajstić information content (AvgIpc) is 3.25. The number of thiophene rings is 1. The average molecular weight is 411 g/mol. The van der Waals surface area contributed by atoms with Crippen LogP contribution >= 0.6 is 11.3 Å². The Morgan fingerprint density at radius 2 is 1.79 bits per heavy atom. The highest BCUT2D eigenvalue weighted by Crippen LogP contribution is 2.44. The zero-order valence-corrected chi connectivity index (χ0v) is 19.0. The smallest absolute Gasteiger partial charge is 0.144 e. The summed E-state index contributed by atoms with van der Waals surface area (Å²) in [7, 11) is 1.71. The van der Waals surface area contributed by atoms with E-state index in [0.29, 0.717) is 5.92 Å². The van der Waals surface area contributed by atoms with Crippen LogP contribution in [0.25, 0.3) is 16.3 Å². The molecule has 0 radical (unpaired) electrons. The van der Waals surface area contributed by atoms with E-state index in [1.54, 1.807) is 18.4 Å². The molecule has 4 nitrogen and oxygen atoms in total. The van der Waals surface area contributed by atoms with Crippen LogP contribution in [0.15, 0.2) is 41.8 Å². The summed E-state index contributed by atoms with van der Waals surface area (Å²) < 4.78 is 14.0. The van der Waals surface area contributed by atoms with Crippen molar-refractivity contribution in [2.75, 3.05) is 7.11 Å². The minimum absolute atomic E-state index is 0.166. The molecule has 0 amide bonds. The maximum Gasteiger partial charge on any atom is 0.144 e. The van der Waals surface area contributed by atoms with Gasteiger partial charge < -0.3 is 9.47 Å². The van der Waals surface area contributed by atoms with Crippen LogP contribution in [0.1, 0.15) is 57.7 Å². The second kappa shape index (κ2) is 7.29. The van der Waals surface area contributed by atoms with Gasteiger partial charge in [0.05, 0.1) is 34.6 Å². The molecule has 0 spiro atoms. The first-order valence-electron chi connectivity index (χ1n) is 10.2. The Hall–Kier alpha value is -2.11. The zero-order chi connectivity index (χ0) is 20.8. The van der Waals surface area contributed by atoms with Crippen molar-refractivity contribution >= 4 is 11.3 Å². The number of nitrogens with zero attached hydrogens (tertiary/aromatic N) is 2. The zero-order valence-electron chi connectivity index (χ0n) is 18.2. The van der Waals surface area contributed by atoms with Gasteiger partial charge in [-0.15, -0.1) is 11.3 Å². The fourth-order valence-electron chi connectivity index (χ4n) is 4.63. The monoisotopic (exact) mass is 410 g/mol. The molecule has 29 heavy (non-hydrogen) atoms. The largest absolute Gasteiger partial charge is 0.494 e. The van der Waals surface area contributed by atoms with Gasteiger partial charge in [0.25, 0.3) is 0 Å². The number of aromatic nitrogens is 2. The molecular formula is C24H30N2O2S. The van der Waals surface area contributed by atoms with Crippen LogP contribution in [0, 0.1) is 6.92 Å². The van der Waals surface area contributed by atoms with E-state index in [9.17, 15) is 0 Å². The molecule has 0 unspecified atom stereocenters. The fraction of sp³-hybridized carbons (Fsp3) is 0.458. The highest BCUT2D eigenvalue weighted by atomic mass is 32.1. The summed E-state index contributed by atoms with van der Waals surface area (Å²) in [5, 5.41) is 7.31. The van der Waals surface area contributed by atoms with Crippen molar-refractivity contribution < 1.29 is 9.47 Å². The molecule has 3 aromatic rings. The number of rotatable bonds is 4. The van der Waals surface area contributed by atoms with E-state index in [1.165, 1.54) is 10.4 Å². The van der Waals surface area contributed by atoms with Gasteiger partial charge in [-0.1, -0.05) is 12.1 Å². The Bertz CT molecular complexity index is 1000. The molecule has 5 heteroatoms. The van der Waals surface area contributed by atoms with Crippen molar-refractivity contribution in [2.45, 2.75) is 64.6 Å². The van der Waals surface area contributed by atoms with Crippen molar-refractivity contribution in [3.05, 3.63) is 53.0 Å². The third kappa shape index (κ3) is 4.12. The van der Waals surface area contributed by atoms with Gasteiger partial charge >= 0.3 is 0 Å². The molecule has 1 fully saturated rings. The molecule has 1 aromatic carbocycles. The number of aryl methyl sites for hydroxylation is 1. The summed E-state index contributed by atoms with van der Waals surface area (Å²) >= 11 is 1.76. The molecule has 154 valence electrons. The van der Waals surface area contributed by atoms with Gasteiger partial charge in [-0.3, -0.25) is 0 Å². The molecule has 1 aliphatic rings. The van der Waals surface area contributed by atoms with Gasteiger partial charge in [0.15, 0.2) is 0 Å². The molecule has 4 rings (SSSR count). The van der Waals surface area contributed by atoms with Crippen LogP contribution in [0.2, 0.25) is 0 Å². The molecular weight excluding hydrogens is 380 g/mol. The minimum atomic E-state index is -0.166. The molecule has 2 aromatic heterocycles. The summed E-state index contributed by atoms with van der Waals surface area (Å²) in [5.74, 6) is 1.17. The van der Waals surface area contributed by atoms with Crippen LogP contribution in [0.3, 0.4) is 0 Å². The Morgan fingerprint density at radius 1 is 1.10 bits per heavy atom. The topological polar surface area (TPSA) is 36.3 Å². The lowest BCUT2D eigenvalue weighted by Crippen LogP contribution is -2.44. The van der Waals surface area contributed by atoms with E-state index < -0.39 is 0 Å². The van der Waals surface area contributed by atoms with Gasteiger partial charge in [0, 0.05) is 5.92 Å². The molecule has 0 atom stereocenters. The van der Waals surface area contributed by atoms with Crippen molar-refractivity contribution in [3.8, 4) is 22.0 Å². The van der Waals surface area contributed by atoms with Crippen molar-refractivity contribution in [1.29, 1.82) is 0 Å². The fourth-order valence-corrected chi connectivity index (χ4v) is 5.53. The van der Waals surface area contributed by atoms with Crippen LogP contribution in [0.4, 0.5) is 0 Å². The molecule has 0 aliphatic carbocycles. The van der Waals surface area contributed by atoms with Crippen LogP contribution in [0.5, 0.6) is 5.75 Å². The van der Waals surface area contributed by atoms with Crippen molar-refractivity contribution in [1.82, 2.24) is 9.78 Å². The van der Waals surface area contributed by atoms with Gasteiger partial charge in [0.1, 0.15) is 11.4 Å². The summed E-state index contributed by atoms with van der Waals surface area (Å²) in [6.45, 7) is 10.9. The molecule has 3 heterocycles. The number of ether oxygens (including phenoxy) is 2. The quantitative estimate of drug-likeness (QED) is 0.501.